The van der Waals surface area contributed by atoms with E-state index in [1.807, 2.05) is 18.4 Å². The van der Waals surface area contributed by atoms with Gasteiger partial charge < -0.3 is 11.1 Å². The van der Waals surface area contributed by atoms with Crippen molar-refractivity contribution in [3.8, 4) is 0 Å². The molecule has 2 nitrogen and oxygen atoms in total. The Balaban J connectivity index is 2.40. The fourth-order valence-electron chi connectivity index (χ4n) is 1.59. The Morgan fingerprint density at radius 3 is 2.33 bits per heavy atom. The second-order valence-electron chi connectivity index (χ2n) is 3.68. The molecule has 0 saturated heterocycles. The Hall–Kier alpha value is -1.75. The lowest BCUT2D eigenvalue weighted by molar-refractivity contribution is 0.592. The summed E-state index contributed by atoms with van der Waals surface area (Å²) in [7, 11) is 0. The van der Waals surface area contributed by atoms with Crippen LogP contribution in [0.3, 0.4) is 0 Å². The minimum absolute atomic E-state index is 0.0636. The quantitative estimate of drug-likeness (QED) is 0.651. The second-order valence-corrected chi connectivity index (χ2v) is 4.53. The van der Waals surface area contributed by atoms with Gasteiger partial charge in [-0.05, 0) is 30.5 Å². The smallest absolute Gasteiger partial charge is 0.151 e. The summed E-state index contributed by atoms with van der Waals surface area (Å²) in [6.07, 6.45) is 1.90. The molecule has 0 unspecified atom stereocenters. The van der Waals surface area contributed by atoms with Crippen LogP contribution in [0.2, 0.25) is 0 Å². The third-order valence-electron chi connectivity index (χ3n) is 2.43. The highest BCUT2D eigenvalue weighted by molar-refractivity contribution is 7.98. The van der Waals surface area contributed by atoms with Crippen LogP contribution in [0.4, 0.5) is 25.8 Å². The number of anilines is 3. The van der Waals surface area contributed by atoms with Crippen LogP contribution < -0.4 is 11.1 Å². The molecule has 0 spiro atoms. The first-order chi connectivity index (χ1) is 8.61. The molecule has 0 bridgehead atoms. The number of rotatable bonds is 3. The largest absolute Gasteiger partial charge is 0.399 e. The van der Waals surface area contributed by atoms with Crippen molar-refractivity contribution in [1.29, 1.82) is 0 Å². The molecular formula is C13H12F2N2S. The van der Waals surface area contributed by atoms with E-state index in [4.69, 9.17) is 5.73 Å². The summed E-state index contributed by atoms with van der Waals surface area (Å²) in [4.78, 5) is 0.910. The molecule has 0 radical (unpaired) electrons. The van der Waals surface area contributed by atoms with Gasteiger partial charge in [-0.1, -0.05) is 12.1 Å². The zero-order chi connectivity index (χ0) is 13.1. The number of nitrogen functional groups attached to an aromatic ring is 1. The van der Waals surface area contributed by atoms with Crippen LogP contribution in [0.25, 0.3) is 0 Å². The van der Waals surface area contributed by atoms with Gasteiger partial charge in [0, 0.05) is 10.6 Å². The van der Waals surface area contributed by atoms with Gasteiger partial charge in [0.05, 0.1) is 5.69 Å². The summed E-state index contributed by atoms with van der Waals surface area (Å²) in [5.74, 6) is -1.41. The molecule has 0 aromatic heterocycles. The van der Waals surface area contributed by atoms with Gasteiger partial charge in [0.15, 0.2) is 11.6 Å². The Kier molecular flexibility index (Phi) is 3.72. The molecule has 0 amide bonds. The number of halogens is 2. The molecule has 0 saturated carbocycles. The van der Waals surface area contributed by atoms with E-state index in [-0.39, 0.29) is 11.4 Å². The van der Waals surface area contributed by atoms with E-state index >= 15 is 0 Å². The molecule has 0 fully saturated rings. The molecule has 0 aliphatic rings. The van der Waals surface area contributed by atoms with Crippen molar-refractivity contribution in [2.75, 3.05) is 17.3 Å². The molecule has 5 heteroatoms. The van der Waals surface area contributed by atoms with Crippen molar-refractivity contribution in [3.63, 3.8) is 0 Å². The fourth-order valence-corrected chi connectivity index (χ4v) is 2.15. The first-order valence-corrected chi connectivity index (χ1v) is 6.49. The van der Waals surface area contributed by atoms with Crippen LogP contribution in [0.15, 0.2) is 41.3 Å². The maximum atomic E-state index is 13.6. The Morgan fingerprint density at radius 1 is 1.11 bits per heavy atom. The molecule has 0 atom stereocenters. The highest BCUT2D eigenvalue weighted by atomic mass is 32.2. The molecule has 2 aromatic rings. The topological polar surface area (TPSA) is 38.0 Å². The Bertz CT molecular complexity index is 550. The summed E-state index contributed by atoms with van der Waals surface area (Å²) in [6.45, 7) is 0. The lowest BCUT2D eigenvalue weighted by Crippen LogP contribution is -2.00. The van der Waals surface area contributed by atoms with Gasteiger partial charge in [0.25, 0.3) is 0 Å². The average molecular weight is 266 g/mol. The summed E-state index contributed by atoms with van der Waals surface area (Å²) >= 11 is 1.50. The first-order valence-electron chi connectivity index (χ1n) is 5.26. The fraction of sp³-hybridized carbons (Fsp3) is 0.0769. The number of nitrogens with two attached hydrogens (primary N) is 1. The first kappa shape index (κ1) is 12.7. The van der Waals surface area contributed by atoms with Crippen molar-refractivity contribution >= 4 is 28.8 Å². The highest BCUT2D eigenvalue weighted by Gasteiger charge is 2.11. The van der Waals surface area contributed by atoms with Crippen LogP contribution >= 0.6 is 11.8 Å². The maximum Gasteiger partial charge on any atom is 0.151 e. The molecule has 18 heavy (non-hydrogen) atoms. The van der Waals surface area contributed by atoms with Crippen LogP contribution in [-0.4, -0.2) is 6.26 Å². The number of hydrogen-bond donors (Lipinski definition) is 2. The number of para-hydroxylation sites is 1. The predicted molar refractivity (Wildman–Crippen MR) is 72.3 cm³/mol. The summed E-state index contributed by atoms with van der Waals surface area (Å²) < 4.78 is 27.3. The minimum Gasteiger partial charge on any atom is -0.399 e. The lowest BCUT2D eigenvalue weighted by atomic mass is 10.2. The molecule has 94 valence electrons. The number of benzene rings is 2. The Labute approximate surface area is 108 Å². The molecule has 3 N–H and O–H groups in total. The molecular weight excluding hydrogens is 254 g/mol. The molecule has 2 rings (SSSR count). The van der Waals surface area contributed by atoms with Gasteiger partial charge in [0.2, 0.25) is 0 Å². The molecule has 0 heterocycles. The van der Waals surface area contributed by atoms with Gasteiger partial charge in [-0.15, -0.1) is 11.8 Å². The van der Waals surface area contributed by atoms with Crippen LogP contribution in [-0.2, 0) is 0 Å². The van der Waals surface area contributed by atoms with Crippen molar-refractivity contribution < 1.29 is 8.78 Å². The molecule has 0 aliphatic carbocycles. The van der Waals surface area contributed by atoms with Crippen molar-refractivity contribution in [2.45, 2.75) is 4.90 Å². The summed E-state index contributed by atoms with van der Waals surface area (Å²) in [5, 5.41) is 2.76. The van der Waals surface area contributed by atoms with Gasteiger partial charge >= 0.3 is 0 Å². The third-order valence-corrected chi connectivity index (χ3v) is 3.23. The molecule has 2 aromatic carbocycles. The van der Waals surface area contributed by atoms with E-state index in [2.05, 4.69) is 5.32 Å². The number of thioether (sulfide) groups is 1. The zero-order valence-electron chi connectivity index (χ0n) is 9.71. The summed E-state index contributed by atoms with van der Waals surface area (Å²) in [5.41, 5.74) is 5.90. The highest BCUT2D eigenvalue weighted by Crippen LogP contribution is 2.31. The lowest BCUT2D eigenvalue weighted by Gasteiger charge is -2.12. The van der Waals surface area contributed by atoms with Crippen LogP contribution in [0.1, 0.15) is 0 Å². The van der Waals surface area contributed by atoms with Gasteiger partial charge in [-0.25, -0.2) is 8.78 Å². The minimum atomic E-state index is -0.705. The van der Waals surface area contributed by atoms with E-state index in [0.717, 1.165) is 17.0 Å². The van der Waals surface area contributed by atoms with E-state index in [1.165, 1.54) is 11.8 Å². The second kappa shape index (κ2) is 5.27. The van der Waals surface area contributed by atoms with E-state index in [1.54, 1.807) is 12.1 Å². The van der Waals surface area contributed by atoms with Gasteiger partial charge in [-0.2, -0.15) is 0 Å². The standard InChI is InChI=1S/C13H12F2N2S/c1-18-12-5-3-2-4-11(12)17-13-9(14)6-8(16)7-10(13)15/h2-7,17H,16H2,1H3. The third kappa shape index (κ3) is 2.56. The predicted octanol–water partition coefficient (Wildman–Crippen LogP) is 4.01. The normalized spacial score (nSPS) is 10.4. The summed E-state index contributed by atoms with van der Waals surface area (Å²) in [6, 6.07) is 9.49. The zero-order valence-corrected chi connectivity index (χ0v) is 10.5. The van der Waals surface area contributed by atoms with Crippen molar-refractivity contribution in [1.82, 2.24) is 0 Å². The monoisotopic (exact) mass is 266 g/mol. The van der Waals surface area contributed by atoms with E-state index < -0.39 is 11.6 Å². The van der Waals surface area contributed by atoms with E-state index in [9.17, 15) is 8.78 Å². The SMILES string of the molecule is CSc1ccccc1Nc1c(F)cc(N)cc1F. The van der Waals surface area contributed by atoms with Gasteiger partial charge in [0.1, 0.15) is 5.69 Å². The number of nitrogens with one attached hydrogen (secondary N) is 1. The maximum absolute atomic E-state index is 13.6. The molecule has 0 aliphatic heterocycles. The van der Waals surface area contributed by atoms with Gasteiger partial charge in [-0.3, -0.25) is 0 Å². The average Bonchev–Trinajstić information content (AvgIpc) is 2.34. The van der Waals surface area contributed by atoms with E-state index in [0.29, 0.717) is 5.69 Å². The Morgan fingerprint density at radius 2 is 1.72 bits per heavy atom. The van der Waals surface area contributed by atoms with Crippen LogP contribution in [0.5, 0.6) is 0 Å². The van der Waals surface area contributed by atoms with Crippen molar-refractivity contribution in [2.24, 2.45) is 0 Å². The van der Waals surface area contributed by atoms with Crippen molar-refractivity contribution in [3.05, 3.63) is 48.0 Å². The van der Waals surface area contributed by atoms with Crippen LogP contribution in [0, 0.1) is 11.6 Å². The number of hydrogen-bond acceptors (Lipinski definition) is 3.